The second kappa shape index (κ2) is 6.96. The van der Waals surface area contributed by atoms with E-state index in [0.29, 0.717) is 5.56 Å². The first-order valence-corrected chi connectivity index (χ1v) is 6.07. The number of halogens is 3. The number of nitrogens with one attached hydrogen (secondary N) is 1. The molecule has 0 aliphatic heterocycles. The molecule has 0 aliphatic rings. The number of benzene rings is 1. The molecule has 1 aromatic carbocycles. The van der Waals surface area contributed by atoms with Crippen LogP contribution in [0.3, 0.4) is 0 Å². The number of carbonyl (C=O) groups is 2. The van der Waals surface area contributed by atoms with Crippen molar-refractivity contribution in [3.63, 3.8) is 0 Å². The zero-order chi connectivity index (χ0) is 16.0. The van der Waals surface area contributed by atoms with Gasteiger partial charge in [0.25, 0.3) is 0 Å². The van der Waals surface area contributed by atoms with Crippen LogP contribution in [0.25, 0.3) is 0 Å². The normalized spacial score (nSPS) is 11.0. The predicted octanol–water partition coefficient (Wildman–Crippen LogP) is 2.32. The fourth-order valence-electron chi connectivity index (χ4n) is 1.60. The van der Waals surface area contributed by atoms with Crippen LogP contribution in [0.15, 0.2) is 24.3 Å². The number of carbonyl (C=O) groups excluding carboxylic acids is 1. The molecule has 0 heterocycles. The second-order valence-corrected chi connectivity index (χ2v) is 4.43. The summed E-state index contributed by atoms with van der Waals surface area (Å²) in [5, 5.41) is 10.8. The third kappa shape index (κ3) is 5.72. The molecule has 0 radical (unpaired) electrons. The van der Waals surface area contributed by atoms with Crippen LogP contribution in [0.4, 0.5) is 18.0 Å². The van der Waals surface area contributed by atoms with Crippen molar-refractivity contribution < 1.29 is 27.9 Å². The lowest BCUT2D eigenvalue weighted by atomic mass is 10.1. The lowest BCUT2D eigenvalue weighted by Crippen LogP contribution is -2.37. The Hall–Kier alpha value is -2.25. The van der Waals surface area contributed by atoms with Gasteiger partial charge in [-0.15, -0.1) is 0 Å². The minimum atomic E-state index is -4.43. The van der Waals surface area contributed by atoms with Gasteiger partial charge in [-0.3, -0.25) is 4.79 Å². The molecule has 5 nitrogen and oxygen atoms in total. The molecule has 0 saturated carbocycles. The van der Waals surface area contributed by atoms with Crippen molar-refractivity contribution in [3.8, 4) is 0 Å². The van der Waals surface area contributed by atoms with Gasteiger partial charge in [-0.05, 0) is 17.7 Å². The average molecular weight is 304 g/mol. The van der Waals surface area contributed by atoms with Crippen molar-refractivity contribution in [2.45, 2.75) is 19.1 Å². The average Bonchev–Trinajstić information content (AvgIpc) is 2.37. The summed E-state index contributed by atoms with van der Waals surface area (Å²) in [6.07, 6.45) is -4.65. The monoisotopic (exact) mass is 304 g/mol. The molecule has 116 valence electrons. The summed E-state index contributed by atoms with van der Waals surface area (Å²) in [4.78, 5) is 23.1. The highest BCUT2D eigenvalue weighted by molar-refractivity contribution is 5.75. The maximum Gasteiger partial charge on any atom is 0.416 e. The third-order valence-corrected chi connectivity index (χ3v) is 2.64. The number of nitrogens with zero attached hydrogens (tertiary/aromatic N) is 1. The Morgan fingerprint density at radius 3 is 2.57 bits per heavy atom. The number of aliphatic carboxylic acids is 1. The Kier molecular flexibility index (Phi) is 5.57. The first-order chi connectivity index (χ1) is 9.70. The molecule has 8 heteroatoms. The summed E-state index contributed by atoms with van der Waals surface area (Å²) in [6.45, 7) is -0.0517. The Labute approximate surface area is 119 Å². The number of urea groups is 1. The van der Waals surface area contributed by atoms with Crippen molar-refractivity contribution in [1.82, 2.24) is 10.2 Å². The van der Waals surface area contributed by atoms with Crippen LogP contribution < -0.4 is 5.32 Å². The first kappa shape index (κ1) is 16.8. The lowest BCUT2D eigenvalue weighted by Gasteiger charge is -2.18. The summed E-state index contributed by atoms with van der Waals surface area (Å²) in [5.74, 6) is -1.05. The Balaban J connectivity index is 2.60. The highest BCUT2D eigenvalue weighted by atomic mass is 19.4. The zero-order valence-corrected chi connectivity index (χ0v) is 11.3. The van der Waals surface area contributed by atoms with Gasteiger partial charge in [0, 0.05) is 20.1 Å². The fraction of sp³-hybridized carbons (Fsp3) is 0.385. The topological polar surface area (TPSA) is 69.6 Å². The molecule has 1 rings (SSSR count). The molecule has 21 heavy (non-hydrogen) atoms. The van der Waals surface area contributed by atoms with E-state index in [1.54, 1.807) is 0 Å². The lowest BCUT2D eigenvalue weighted by molar-refractivity contribution is -0.138. The van der Waals surface area contributed by atoms with Crippen LogP contribution in [0, 0.1) is 0 Å². The van der Waals surface area contributed by atoms with E-state index in [1.807, 2.05) is 0 Å². The highest BCUT2D eigenvalue weighted by Crippen LogP contribution is 2.29. The van der Waals surface area contributed by atoms with Gasteiger partial charge in [-0.2, -0.15) is 13.2 Å². The highest BCUT2D eigenvalue weighted by Gasteiger charge is 2.30. The summed E-state index contributed by atoms with van der Waals surface area (Å²) in [5.41, 5.74) is -0.444. The quantitative estimate of drug-likeness (QED) is 0.877. The van der Waals surface area contributed by atoms with Gasteiger partial charge < -0.3 is 15.3 Å². The molecule has 0 aliphatic carbocycles. The number of amides is 2. The minimum Gasteiger partial charge on any atom is -0.481 e. The summed E-state index contributed by atoms with van der Waals surface area (Å²) >= 11 is 0. The van der Waals surface area contributed by atoms with Crippen LogP contribution in [-0.4, -0.2) is 35.6 Å². The number of hydrogen-bond acceptors (Lipinski definition) is 2. The Bertz CT molecular complexity index is 518. The number of rotatable bonds is 5. The van der Waals surface area contributed by atoms with Crippen LogP contribution in [-0.2, 0) is 17.5 Å². The Morgan fingerprint density at radius 2 is 2.00 bits per heavy atom. The molecule has 0 aromatic heterocycles. The molecular weight excluding hydrogens is 289 g/mol. The van der Waals surface area contributed by atoms with Gasteiger partial charge in [-0.1, -0.05) is 12.1 Å². The van der Waals surface area contributed by atoms with Gasteiger partial charge in [0.15, 0.2) is 0 Å². The maximum absolute atomic E-state index is 12.6. The molecule has 0 fully saturated rings. The molecule has 0 unspecified atom stereocenters. The van der Waals surface area contributed by atoms with Gasteiger partial charge in [-0.25, -0.2) is 4.79 Å². The zero-order valence-electron chi connectivity index (χ0n) is 11.3. The number of alkyl halides is 3. The molecule has 0 saturated heterocycles. The minimum absolute atomic E-state index is 0.0111. The molecule has 2 amide bonds. The predicted molar refractivity (Wildman–Crippen MR) is 68.6 cm³/mol. The number of hydrogen-bond donors (Lipinski definition) is 2. The first-order valence-electron chi connectivity index (χ1n) is 6.07. The van der Waals surface area contributed by atoms with Crippen molar-refractivity contribution in [1.29, 1.82) is 0 Å². The summed E-state index contributed by atoms with van der Waals surface area (Å²) in [6, 6.07) is 4.14. The molecule has 2 N–H and O–H groups in total. The maximum atomic E-state index is 12.6. The van der Waals surface area contributed by atoms with Crippen molar-refractivity contribution in [2.24, 2.45) is 0 Å². The molecule has 0 spiro atoms. The van der Waals surface area contributed by atoms with E-state index in [2.05, 4.69) is 5.32 Å². The largest absolute Gasteiger partial charge is 0.481 e. The Morgan fingerprint density at radius 1 is 1.33 bits per heavy atom. The molecule has 0 atom stereocenters. The van der Waals surface area contributed by atoms with Gasteiger partial charge >= 0.3 is 18.2 Å². The van der Waals surface area contributed by atoms with E-state index in [4.69, 9.17) is 5.11 Å². The van der Waals surface area contributed by atoms with Gasteiger partial charge in [0.05, 0.1) is 12.0 Å². The number of carboxylic acids is 1. The van der Waals surface area contributed by atoms with E-state index in [-0.39, 0.29) is 19.5 Å². The van der Waals surface area contributed by atoms with Crippen LogP contribution in [0.5, 0.6) is 0 Å². The van der Waals surface area contributed by atoms with Gasteiger partial charge in [0.1, 0.15) is 0 Å². The second-order valence-electron chi connectivity index (χ2n) is 4.43. The fourth-order valence-corrected chi connectivity index (χ4v) is 1.60. The van der Waals surface area contributed by atoms with Crippen LogP contribution in [0.2, 0.25) is 0 Å². The smallest absolute Gasteiger partial charge is 0.416 e. The van der Waals surface area contributed by atoms with E-state index in [1.165, 1.54) is 24.1 Å². The third-order valence-electron chi connectivity index (χ3n) is 2.64. The number of carboxylic acid groups (broad SMARTS) is 1. The molecule has 1 aromatic rings. The van der Waals surface area contributed by atoms with Crippen LogP contribution in [0.1, 0.15) is 17.5 Å². The van der Waals surface area contributed by atoms with E-state index >= 15 is 0 Å². The summed E-state index contributed by atoms with van der Waals surface area (Å²) < 4.78 is 37.7. The van der Waals surface area contributed by atoms with E-state index in [9.17, 15) is 22.8 Å². The van der Waals surface area contributed by atoms with E-state index < -0.39 is 23.7 Å². The van der Waals surface area contributed by atoms with Crippen molar-refractivity contribution >= 4 is 12.0 Å². The van der Waals surface area contributed by atoms with E-state index in [0.717, 1.165) is 12.1 Å². The molecule has 0 bridgehead atoms. The molecular formula is C13H15F3N2O3. The summed E-state index contributed by atoms with van der Waals surface area (Å²) in [7, 11) is 1.41. The van der Waals surface area contributed by atoms with Crippen LogP contribution >= 0.6 is 0 Å². The van der Waals surface area contributed by atoms with Gasteiger partial charge in [0.2, 0.25) is 0 Å². The SMILES string of the molecule is CN(Cc1cccc(C(F)(F)F)c1)C(=O)NCCC(=O)O. The van der Waals surface area contributed by atoms with Crippen molar-refractivity contribution in [3.05, 3.63) is 35.4 Å². The van der Waals surface area contributed by atoms with Crippen molar-refractivity contribution in [2.75, 3.05) is 13.6 Å². The standard InChI is InChI=1S/C13H15F3N2O3/c1-18(12(21)17-6-5-11(19)20)8-9-3-2-4-10(7-9)13(14,15)16/h2-4,7H,5-6,8H2,1H3,(H,17,21)(H,19,20).